The summed E-state index contributed by atoms with van der Waals surface area (Å²) >= 11 is 1.25. The minimum Gasteiger partial charge on any atom is -0.497 e. The minimum atomic E-state index is -1.03. The molecule has 1 aliphatic heterocycles. The predicted molar refractivity (Wildman–Crippen MR) is 108 cm³/mol. The molecule has 2 N–H and O–H groups in total. The van der Waals surface area contributed by atoms with Gasteiger partial charge in [-0.1, -0.05) is 12.1 Å². The van der Waals surface area contributed by atoms with E-state index in [1.54, 1.807) is 61.7 Å². The predicted octanol–water partition coefficient (Wildman–Crippen LogP) is 3.44. The molecule has 0 saturated carbocycles. The molecule has 0 unspecified atom stereocenters. The lowest BCUT2D eigenvalue weighted by Gasteiger charge is -2.10. The van der Waals surface area contributed by atoms with Crippen molar-refractivity contribution in [1.82, 2.24) is 5.32 Å². The fourth-order valence-electron chi connectivity index (χ4n) is 2.30. The SMILES string of the molecule is COc1ccc(N=C2NC(=O)/C(=C/c3ccc(O[C@@H](C)C(=O)O)cc3)S2)cc1. The lowest BCUT2D eigenvalue weighted by Crippen LogP contribution is -2.22. The van der Waals surface area contributed by atoms with Gasteiger partial charge in [-0.25, -0.2) is 9.79 Å². The summed E-state index contributed by atoms with van der Waals surface area (Å²) in [7, 11) is 1.59. The molecule has 1 atom stereocenters. The molecule has 2 aromatic rings. The number of nitrogens with zero attached hydrogens (tertiary/aromatic N) is 1. The standard InChI is InChI=1S/C20H18N2O5S/c1-12(19(24)25)27-16-7-3-13(4-8-16)11-17-18(23)22-20(28-17)21-14-5-9-15(26-2)10-6-14/h3-12H,1-2H3,(H,24,25)(H,21,22,23)/b17-11-/t12-/m0/s1. The van der Waals surface area contributed by atoms with Gasteiger partial charge in [-0.15, -0.1) is 0 Å². The summed E-state index contributed by atoms with van der Waals surface area (Å²) in [5.74, 6) is -0.0776. The topological polar surface area (TPSA) is 97.2 Å². The Morgan fingerprint density at radius 1 is 1.14 bits per heavy atom. The Bertz CT molecular complexity index is 936. The molecule has 1 amide bonds. The molecule has 1 fully saturated rings. The second-order valence-electron chi connectivity index (χ2n) is 5.85. The van der Waals surface area contributed by atoms with Crippen molar-refractivity contribution in [2.45, 2.75) is 13.0 Å². The van der Waals surface area contributed by atoms with Gasteiger partial charge in [0.25, 0.3) is 5.91 Å². The van der Waals surface area contributed by atoms with Gasteiger partial charge in [0.15, 0.2) is 11.3 Å². The molecule has 0 aromatic heterocycles. The highest BCUT2D eigenvalue weighted by molar-refractivity contribution is 8.18. The van der Waals surface area contributed by atoms with Crippen LogP contribution in [-0.4, -0.2) is 35.4 Å². The molecular formula is C20H18N2O5S. The number of methoxy groups -OCH3 is 1. The number of hydrogen-bond acceptors (Lipinski definition) is 6. The lowest BCUT2D eigenvalue weighted by molar-refractivity contribution is -0.144. The van der Waals surface area contributed by atoms with Crippen LogP contribution < -0.4 is 14.8 Å². The van der Waals surface area contributed by atoms with Crippen LogP contribution in [0.3, 0.4) is 0 Å². The van der Waals surface area contributed by atoms with Crippen molar-refractivity contribution in [1.29, 1.82) is 0 Å². The number of hydrogen-bond donors (Lipinski definition) is 2. The summed E-state index contributed by atoms with van der Waals surface area (Å²) in [6, 6.07) is 14.0. The molecule has 3 rings (SSSR count). The van der Waals surface area contributed by atoms with Crippen molar-refractivity contribution < 1.29 is 24.2 Å². The summed E-state index contributed by atoms with van der Waals surface area (Å²) in [5.41, 5.74) is 1.50. The second kappa shape index (κ2) is 8.62. The van der Waals surface area contributed by atoms with E-state index in [1.165, 1.54) is 18.7 Å². The Hall–Kier alpha value is -3.26. The van der Waals surface area contributed by atoms with Crippen LogP contribution in [0.4, 0.5) is 5.69 Å². The van der Waals surface area contributed by atoms with E-state index in [1.807, 2.05) is 0 Å². The quantitative estimate of drug-likeness (QED) is 0.724. The molecule has 7 nitrogen and oxygen atoms in total. The lowest BCUT2D eigenvalue weighted by atomic mass is 10.2. The Morgan fingerprint density at radius 3 is 2.39 bits per heavy atom. The first-order valence-electron chi connectivity index (χ1n) is 8.38. The molecule has 8 heteroatoms. The third-order valence-corrected chi connectivity index (χ3v) is 4.70. The van der Waals surface area contributed by atoms with Crippen molar-refractivity contribution in [3.05, 3.63) is 59.0 Å². The number of carboxylic acids is 1. The van der Waals surface area contributed by atoms with Crippen LogP contribution in [0.2, 0.25) is 0 Å². The van der Waals surface area contributed by atoms with Crippen LogP contribution >= 0.6 is 11.8 Å². The van der Waals surface area contributed by atoms with E-state index in [0.717, 1.165) is 11.3 Å². The van der Waals surface area contributed by atoms with Gasteiger partial charge in [-0.3, -0.25) is 4.79 Å². The Balaban J connectivity index is 1.69. The molecule has 0 spiro atoms. The van der Waals surface area contributed by atoms with Crippen molar-refractivity contribution >= 4 is 40.6 Å². The van der Waals surface area contributed by atoms with Crippen molar-refractivity contribution in [3.8, 4) is 11.5 Å². The highest BCUT2D eigenvalue weighted by Gasteiger charge is 2.23. The van der Waals surface area contributed by atoms with Gasteiger partial charge in [-0.05, 0) is 66.7 Å². The number of nitrogens with one attached hydrogen (secondary N) is 1. The van der Waals surface area contributed by atoms with Crippen LogP contribution in [0.1, 0.15) is 12.5 Å². The maximum Gasteiger partial charge on any atom is 0.344 e. The van der Waals surface area contributed by atoms with Crippen molar-refractivity contribution in [2.24, 2.45) is 4.99 Å². The average molecular weight is 398 g/mol. The van der Waals surface area contributed by atoms with Crippen molar-refractivity contribution in [3.63, 3.8) is 0 Å². The molecule has 2 aromatic carbocycles. The third-order valence-electron chi connectivity index (χ3n) is 3.79. The van der Waals surface area contributed by atoms with Gasteiger partial charge in [-0.2, -0.15) is 0 Å². The molecule has 1 saturated heterocycles. The highest BCUT2D eigenvalue weighted by Crippen LogP contribution is 2.29. The summed E-state index contributed by atoms with van der Waals surface area (Å²) in [6.07, 6.45) is 0.804. The molecule has 0 bridgehead atoms. The number of aliphatic carboxylic acids is 1. The van der Waals surface area contributed by atoms with Gasteiger partial charge >= 0.3 is 5.97 Å². The van der Waals surface area contributed by atoms with Crippen LogP contribution in [-0.2, 0) is 9.59 Å². The number of ether oxygens (including phenoxy) is 2. The van der Waals surface area contributed by atoms with Gasteiger partial charge < -0.3 is 19.9 Å². The number of rotatable bonds is 6. The summed E-state index contributed by atoms with van der Waals surface area (Å²) in [4.78, 5) is 27.9. The van der Waals surface area contributed by atoms with Gasteiger partial charge in [0, 0.05) is 0 Å². The number of aliphatic imine (C=N–C) groups is 1. The Labute approximate surface area is 166 Å². The van der Waals surface area contributed by atoms with Crippen molar-refractivity contribution in [2.75, 3.05) is 7.11 Å². The third kappa shape index (κ3) is 4.92. The van der Waals surface area contributed by atoms with E-state index in [4.69, 9.17) is 14.6 Å². The first-order valence-corrected chi connectivity index (χ1v) is 9.19. The Morgan fingerprint density at radius 2 is 1.79 bits per heavy atom. The fourth-order valence-corrected chi connectivity index (χ4v) is 3.14. The first-order chi connectivity index (χ1) is 13.4. The first kappa shape index (κ1) is 19.5. The number of carbonyl (C=O) groups excluding carboxylic acids is 1. The summed E-state index contributed by atoms with van der Waals surface area (Å²) in [6.45, 7) is 1.46. The molecular weight excluding hydrogens is 380 g/mol. The molecule has 1 heterocycles. The van der Waals surface area contributed by atoms with E-state index < -0.39 is 12.1 Å². The molecule has 1 aliphatic rings. The van der Waals surface area contributed by atoms with Gasteiger partial charge in [0.2, 0.25) is 0 Å². The minimum absolute atomic E-state index is 0.225. The zero-order valence-electron chi connectivity index (χ0n) is 15.2. The summed E-state index contributed by atoms with van der Waals surface area (Å²) in [5, 5.41) is 12.1. The number of carboxylic acid groups (broad SMARTS) is 1. The Kier molecular flexibility index (Phi) is 6.00. The molecule has 28 heavy (non-hydrogen) atoms. The van der Waals surface area contributed by atoms with E-state index in [9.17, 15) is 9.59 Å². The zero-order chi connectivity index (χ0) is 20.1. The van der Waals surface area contributed by atoms with Gasteiger partial charge in [0.1, 0.15) is 11.5 Å². The number of benzene rings is 2. The number of thioether (sulfide) groups is 1. The molecule has 0 aliphatic carbocycles. The van der Waals surface area contributed by atoms with E-state index in [2.05, 4.69) is 10.3 Å². The number of carbonyl (C=O) groups is 2. The van der Waals surface area contributed by atoms with E-state index in [-0.39, 0.29) is 5.91 Å². The second-order valence-corrected chi connectivity index (χ2v) is 6.88. The normalized spacial score (nSPS) is 17.4. The highest BCUT2D eigenvalue weighted by atomic mass is 32.2. The number of amidine groups is 1. The largest absolute Gasteiger partial charge is 0.497 e. The smallest absolute Gasteiger partial charge is 0.344 e. The van der Waals surface area contributed by atoms with Crippen LogP contribution in [0, 0.1) is 0 Å². The molecule has 0 radical (unpaired) electrons. The van der Waals surface area contributed by atoms with Crippen LogP contribution in [0.25, 0.3) is 6.08 Å². The van der Waals surface area contributed by atoms with Crippen LogP contribution in [0.5, 0.6) is 11.5 Å². The maximum absolute atomic E-state index is 12.2. The maximum atomic E-state index is 12.2. The monoisotopic (exact) mass is 398 g/mol. The number of amides is 1. The van der Waals surface area contributed by atoms with E-state index in [0.29, 0.717) is 21.5 Å². The van der Waals surface area contributed by atoms with Gasteiger partial charge in [0.05, 0.1) is 17.7 Å². The average Bonchev–Trinajstić information content (AvgIpc) is 3.02. The summed E-state index contributed by atoms with van der Waals surface area (Å²) < 4.78 is 10.4. The zero-order valence-corrected chi connectivity index (χ0v) is 16.0. The molecule has 144 valence electrons. The van der Waals surface area contributed by atoms with E-state index >= 15 is 0 Å². The fraction of sp³-hybridized carbons (Fsp3) is 0.150. The van der Waals surface area contributed by atoms with Crippen LogP contribution in [0.15, 0.2) is 58.4 Å².